The molecular formula is C14H20O4. The quantitative estimate of drug-likeness (QED) is 0.686. The van der Waals surface area contributed by atoms with Gasteiger partial charge in [-0.2, -0.15) is 0 Å². The van der Waals surface area contributed by atoms with Crippen LogP contribution in [0.2, 0.25) is 0 Å². The Hall–Kier alpha value is -1.71. The maximum absolute atomic E-state index is 10.3. The summed E-state index contributed by atoms with van der Waals surface area (Å²) in [5, 5.41) is 8.47. The average Bonchev–Trinajstić information content (AvgIpc) is 2.37. The first kappa shape index (κ1) is 14.4. The highest BCUT2D eigenvalue weighted by Gasteiger charge is 1.99. The van der Waals surface area contributed by atoms with Gasteiger partial charge in [-0.3, -0.25) is 0 Å². The molecule has 0 aromatic heterocycles. The smallest absolute Gasteiger partial charge is 0.341 e. The van der Waals surface area contributed by atoms with Crippen molar-refractivity contribution in [3.05, 3.63) is 24.3 Å². The van der Waals surface area contributed by atoms with Crippen molar-refractivity contribution in [2.24, 2.45) is 0 Å². The minimum absolute atomic E-state index is 0.322. The monoisotopic (exact) mass is 252 g/mol. The fourth-order valence-corrected chi connectivity index (χ4v) is 1.50. The molecular weight excluding hydrogens is 232 g/mol. The van der Waals surface area contributed by atoms with Crippen molar-refractivity contribution >= 4 is 5.97 Å². The summed E-state index contributed by atoms with van der Waals surface area (Å²) in [6.45, 7) is 2.57. The molecule has 0 radical (unpaired) electrons. The van der Waals surface area contributed by atoms with Gasteiger partial charge in [0, 0.05) is 0 Å². The lowest BCUT2D eigenvalue weighted by Gasteiger charge is -2.07. The number of benzene rings is 1. The second-order valence-corrected chi connectivity index (χ2v) is 4.06. The van der Waals surface area contributed by atoms with E-state index in [0.717, 1.165) is 18.8 Å². The highest BCUT2D eigenvalue weighted by Crippen LogP contribution is 2.17. The molecule has 0 amide bonds. The zero-order valence-electron chi connectivity index (χ0n) is 10.7. The van der Waals surface area contributed by atoms with Crippen LogP contribution in [0.5, 0.6) is 11.5 Å². The fraction of sp³-hybridized carbons (Fsp3) is 0.500. The first-order chi connectivity index (χ1) is 8.72. The molecule has 0 aliphatic rings. The van der Waals surface area contributed by atoms with Crippen molar-refractivity contribution < 1.29 is 19.4 Å². The molecule has 0 atom stereocenters. The number of aliphatic carboxylic acids is 1. The van der Waals surface area contributed by atoms with Crippen LogP contribution in [0.3, 0.4) is 0 Å². The Balaban J connectivity index is 2.25. The molecule has 4 heteroatoms. The average molecular weight is 252 g/mol. The van der Waals surface area contributed by atoms with Crippen LogP contribution in [-0.2, 0) is 4.79 Å². The molecule has 1 rings (SSSR count). The van der Waals surface area contributed by atoms with Crippen molar-refractivity contribution in [2.45, 2.75) is 32.6 Å². The summed E-state index contributed by atoms with van der Waals surface area (Å²) in [5.41, 5.74) is 0. The number of carbonyl (C=O) groups is 1. The topological polar surface area (TPSA) is 55.8 Å². The van der Waals surface area contributed by atoms with Crippen LogP contribution in [0.1, 0.15) is 32.6 Å². The van der Waals surface area contributed by atoms with Crippen molar-refractivity contribution in [1.82, 2.24) is 0 Å². The molecule has 0 saturated carbocycles. The van der Waals surface area contributed by atoms with Crippen LogP contribution in [0.15, 0.2) is 24.3 Å². The van der Waals surface area contributed by atoms with Gasteiger partial charge in [-0.25, -0.2) is 4.79 Å². The zero-order valence-corrected chi connectivity index (χ0v) is 10.7. The Morgan fingerprint density at radius 2 is 1.67 bits per heavy atom. The van der Waals surface area contributed by atoms with Gasteiger partial charge in [-0.05, 0) is 30.7 Å². The summed E-state index contributed by atoms with van der Waals surface area (Å²) in [6, 6.07) is 7.00. The van der Waals surface area contributed by atoms with Crippen molar-refractivity contribution in [1.29, 1.82) is 0 Å². The first-order valence-corrected chi connectivity index (χ1v) is 6.30. The molecule has 0 spiro atoms. The molecule has 0 heterocycles. The van der Waals surface area contributed by atoms with Crippen LogP contribution in [0.25, 0.3) is 0 Å². The van der Waals surface area contributed by atoms with E-state index in [2.05, 4.69) is 6.92 Å². The third-order valence-electron chi connectivity index (χ3n) is 2.45. The molecule has 1 aromatic carbocycles. The highest BCUT2D eigenvalue weighted by atomic mass is 16.5. The van der Waals surface area contributed by atoms with Gasteiger partial charge in [0.15, 0.2) is 6.61 Å². The van der Waals surface area contributed by atoms with E-state index in [0.29, 0.717) is 5.75 Å². The number of hydrogen-bond acceptors (Lipinski definition) is 3. The van der Waals surface area contributed by atoms with Crippen LogP contribution in [-0.4, -0.2) is 24.3 Å². The lowest BCUT2D eigenvalue weighted by Crippen LogP contribution is -2.09. The van der Waals surface area contributed by atoms with E-state index in [1.165, 1.54) is 19.3 Å². The molecule has 18 heavy (non-hydrogen) atoms. The van der Waals surface area contributed by atoms with Gasteiger partial charge in [-0.15, -0.1) is 0 Å². The summed E-state index contributed by atoms with van der Waals surface area (Å²) in [6.07, 6.45) is 4.71. The first-order valence-electron chi connectivity index (χ1n) is 6.30. The maximum atomic E-state index is 10.3. The van der Waals surface area contributed by atoms with Gasteiger partial charge in [0.25, 0.3) is 0 Å². The van der Waals surface area contributed by atoms with Crippen LogP contribution in [0, 0.1) is 0 Å². The molecule has 100 valence electrons. The molecule has 0 unspecified atom stereocenters. The van der Waals surface area contributed by atoms with E-state index >= 15 is 0 Å². The molecule has 0 aliphatic carbocycles. The molecule has 1 N–H and O–H groups in total. The van der Waals surface area contributed by atoms with Gasteiger partial charge >= 0.3 is 5.97 Å². The number of carboxylic acid groups (broad SMARTS) is 1. The summed E-state index contributed by atoms with van der Waals surface area (Å²) < 4.78 is 10.6. The summed E-state index contributed by atoms with van der Waals surface area (Å²) in [7, 11) is 0. The number of unbranched alkanes of at least 4 members (excludes halogenated alkanes) is 3. The summed E-state index contributed by atoms with van der Waals surface area (Å²) in [5.74, 6) is 0.344. The largest absolute Gasteiger partial charge is 0.494 e. The second-order valence-electron chi connectivity index (χ2n) is 4.06. The van der Waals surface area contributed by atoms with Gasteiger partial charge in [-0.1, -0.05) is 26.2 Å². The van der Waals surface area contributed by atoms with E-state index in [-0.39, 0.29) is 6.61 Å². The number of ether oxygens (including phenoxy) is 2. The van der Waals surface area contributed by atoms with Crippen LogP contribution >= 0.6 is 0 Å². The number of hydrogen-bond donors (Lipinski definition) is 1. The van der Waals surface area contributed by atoms with E-state index in [9.17, 15) is 4.79 Å². The standard InChI is InChI=1S/C14H20O4/c1-2-3-4-5-10-17-12-6-8-13(9-7-12)18-11-14(15)16/h6-9H,2-5,10-11H2,1H3,(H,15,16). The predicted octanol–water partition coefficient (Wildman–Crippen LogP) is 3.11. The number of rotatable bonds is 9. The minimum Gasteiger partial charge on any atom is -0.494 e. The Bertz CT molecular complexity index is 345. The van der Waals surface area contributed by atoms with E-state index in [1.54, 1.807) is 24.3 Å². The van der Waals surface area contributed by atoms with E-state index in [1.807, 2.05) is 0 Å². The maximum Gasteiger partial charge on any atom is 0.341 e. The van der Waals surface area contributed by atoms with Gasteiger partial charge in [0.1, 0.15) is 11.5 Å². The SMILES string of the molecule is CCCCCCOc1ccc(OCC(=O)O)cc1. The Kier molecular flexibility index (Phi) is 6.69. The Morgan fingerprint density at radius 3 is 2.22 bits per heavy atom. The Labute approximate surface area is 108 Å². The summed E-state index contributed by atoms with van der Waals surface area (Å²) in [4.78, 5) is 10.3. The molecule has 0 bridgehead atoms. The lowest BCUT2D eigenvalue weighted by molar-refractivity contribution is -0.139. The van der Waals surface area contributed by atoms with Crippen molar-refractivity contribution in [3.63, 3.8) is 0 Å². The van der Waals surface area contributed by atoms with E-state index < -0.39 is 5.97 Å². The van der Waals surface area contributed by atoms with Gasteiger partial charge < -0.3 is 14.6 Å². The summed E-state index contributed by atoms with van der Waals surface area (Å²) >= 11 is 0. The lowest BCUT2D eigenvalue weighted by atomic mass is 10.2. The fourth-order valence-electron chi connectivity index (χ4n) is 1.50. The molecule has 4 nitrogen and oxygen atoms in total. The Morgan fingerprint density at radius 1 is 1.06 bits per heavy atom. The molecule has 0 aliphatic heterocycles. The van der Waals surface area contributed by atoms with Crippen molar-refractivity contribution in [2.75, 3.05) is 13.2 Å². The third-order valence-corrected chi connectivity index (χ3v) is 2.45. The van der Waals surface area contributed by atoms with Gasteiger partial charge in [0.2, 0.25) is 0 Å². The third kappa shape index (κ3) is 6.13. The normalized spacial score (nSPS) is 10.1. The van der Waals surface area contributed by atoms with Crippen LogP contribution in [0.4, 0.5) is 0 Å². The van der Waals surface area contributed by atoms with Crippen LogP contribution < -0.4 is 9.47 Å². The minimum atomic E-state index is -0.980. The molecule has 0 fully saturated rings. The van der Waals surface area contributed by atoms with Gasteiger partial charge in [0.05, 0.1) is 6.61 Å². The highest BCUT2D eigenvalue weighted by molar-refractivity contribution is 5.68. The second kappa shape index (κ2) is 8.39. The molecule has 0 saturated heterocycles. The zero-order chi connectivity index (χ0) is 13.2. The van der Waals surface area contributed by atoms with Crippen molar-refractivity contribution in [3.8, 4) is 11.5 Å². The number of carboxylic acids is 1. The molecule has 1 aromatic rings. The predicted molar refractivity (Wildman–Crippen MR) is 69.2 cm³/mol. The van der Waals surface area contributed by atoms with E-state index in [4.69, 9.17) is 14.6 Å².